The van der Waals surface area contributed by atoms with Crippen LogP contribution in [-0.4, -0.2) is 21.5 Å². The molecule has 0 aliphatic heterocycles. The van der Waals surface area contributed by atoms with Gasteiger partial charge in [-0.2, -0.15) is 0 Å². The summed E-state index contributed by atoms with van der Waals surface area (Å²) in [4.78, 5) is 11.1. The number of ether oxygens (including phenoxy) is 1. The number of fused-ring (bicyclic) bond motifs is 3. The minimum atomic E-state index is 0.811. The van der Waals surface area contributed by atoms with Crippen LogP contribution in [0.2, 0.25) is 0 Å². The van der Waals surface area contributed by atoms with Crippen molar-refractivity contribution in [2.45, 2.75) is 0 Å². The number of methoxy groups -OCH3 is 1. The van der Waals surface area contributed by atoms with Crippen molar-refractivity contribution in [1.82, 2.24) is 14.4 Å². The maximum Gasteiger partial charge on any atom is 0.195 e. The average molecular weight is 281 g/mol. The molecule has 20 heavy (non-hydrogen) atoms. The van der Waals surface area contributed by atoms with Gasteiger partial charge in [0.1, 0.15) is 5.75 Å². The van der Waals surface area contributed by atoms with Crippen molar-refractivity contribution in [2.24, 2.45) is 0 Å². The summed E-state index contributed by atoms with van der Waals surface area (Å²) in [5, 5.41) is 0. The van der Waals surface area contributed by atoms with Crippen LogP contribution in [0.25, 0.3) is 26.6 Å². The minimum Gasteiger partial charge on any atom is -0.497 e. The Morgan fingerprint density at radius 3 is 3.00 bits per heavy atom. The molecule has 0 bridgehead atoms. The second-order valence-corrected chi connectivity index (χ2v) is 5.44. The lowest BCUT2D eigenvalue weighted by molar-refractivity contribution is 0.414. The highest BCUT2D eigenvalue weighted by Gasteiger charge is 2.10. The van der Waals surface area contributed by atoms with E-state index in [-0.39, 0.29) is 0 Å². The number of rotatable bonds is 2. The first-order valence-electron chi connectivity index (χ1n) is 6.22. The summed E-state index contributed by atoms with van der Waals surface area (Å²) in [6.07, 6.45) is 3.84. The van der Waals surface area contributed by atoms with Crippen molar-refractivity contribution in [3.63, 3.8) is 0 Å². The van der Waals surface area contributed by atoms with Gasteiger partial charge in [0.05, 0.1) is 28.7 Å². The summed E-state index contributed by atoms with van der Waals surface area (Å²) in [5.74, 6) is 0.811. The minimum absolute atomic E-state index is 0.811. The smallest absolute Gasteiger partial charge is 0.195 e. The maximum atomic E-state index is 5.24. The van der Waals surface area contributed by atoms with E-state index in [9.17, 15) is 0 Å². The Morgan fingerprint density at radius 1 is 1.20 bits per heavy atom. The van der Waals surface area contributed by atoms with Crippen molar-refractivity contribution in [3.05, 3.63) is 48.8 Å². The lowest BCUT2D eigenvalue weighted by Crippen LogP contribution is -1.85. The fourth-order valence-electron chi connectivity index (χ4n) is 2.25. The van der Waals surface area contributed by atoms with Crippen molar-refractivity contribution >= 4 is 27.3 Å². The first kappa shape index (κ1) is 11.4. The SMILES string of the molecule is COc1ccnc(-c2cn3c(nc4ccccc43)s2)c1. The molecule has 5 heteroatoms. The molecule has 98 valence electrons. The zero-order chi connectivity index (χ0) is 13.5. The van der Waals surface area contributed by atoms with Crippen LogP contribution in [0.5, 0.6) is 5.75 Å². The summed E-state index contributed by atoms with van der Waals surface area (Å²) >= 11 is 1.63. The van der Waals surface area contributed by atoms with E-state index in [1.54, 1.807) is 24.6 Å². The highest BCUT2D eigenvalue weighted by molar-refractivity contribution is 7.20. The molecule has 0 fully saturated rings. The van der Waals surface area contributed by atoms with Crippen LogP contribution in [0.1, 0.15) is 0 Å². The third kappa shape index (κ3) is 1.67. The highest BCUT2D eigenvalue weighted by Crippen LogP contribution is 2.31. The van der Waals surface area contributed by atoms with Gasteiger partial charge in [0.25, 0.3) is 0 Å². The van der Waals surface area contributed by atoms with E-state index in [0.717, 1.165) is 32.3 Å². The van der Waals surface area contributed by atoms with E-state index in [1.807, 2.05) is 30.3 Å². The average Bonchev–Trinajstić information content (AvgIpc) is 3.05. The summed E-state index contributed by atoms with van der Waals surface area (Å²) in [6, 6.07) is 11.9. The summed E-state index contributed by atoms with van der Waals surface area (Å²) in [7, 11) is 1.66. The number of para-hydroxylation sites is 2. The molecule has 0 spiro atoms. The molecule has 0 saturated carbocycles. The van der Waals surface area contributed by atoms with Gasteiger partial charge < -0.3 is 4.74 Å². The third-order valence-electron chi connectivity index (χ3n) is 3.23. The Balaban J connectivity index is 1.92. The second kappa shape index (κ2) is 4.31. The number of thiazole rings is 1. The molecule has 1 aromatic carbocycles. The van der Waals surface area contributed by atoms with E-state index < -0.39 is 0 Å². The molecule has 3 aromatic heterocycles. The van der Waals surface area contributed by atoms with Gasteiger partial charge in [0, 0.05) is 18.5 Å². The largest absolute Gasteiger partial charge is 0.497 e. The van der Waals surface area contributed by atoms with Crippen LogP contribution in [-0.2, 0) is 0 Å². The van der Waals surface area contributed by atoms with Gasteiger partial charge in [-0.25, -0.2) is 4.98 Å². The van der Waals surface area contributed by atoms with Crippen LogP contribution in [0, 0.1) is 0 Å². The van der Waals surface area contributed by atoms with Crippen molar-refractivity contribution in [1.29, 1.82) is 0 Å². The molecule has 0 N–H and O–H groups in total. The van der Waals surface area contributed by atoms with Gasteiger partial charge >= 0.3 is 0 Å². The zero-order valence-corrected chi connectivity index (χ0v) is 11.6. The Kier molecular flexibility index (Phi) is 2.47. The van der Waals surface area contributed by atoms with Gasteiger partial charge in [-0.1, -0.05) is 23.5 Å². The van der Waals surface area contributed by atoms with Crippen LogP contribution < -0.4 is 4.74 Å². The number of pyridine rings is 1. The van der Waals surface area contributed by atoms with Gasteiger partial charge in [0.2, 0.25) is 0 Å². The zero-order valence-electron chi connectivity index (χ0n) is 10.8. The van der Waals surface area contributed by atoms with E-state index in [1.165, 1.54) is 0 Å². The summed E-state index contributed by atoms with van der Waals surface area (Å²) in [5.41, 5.74) is 3.04. The van der Waals surface area contributed by atoms with Crippen LogP contribution >= 0.6 is 11.3 Å². The summed E-state index contributed by atoms with van der Waals surface area (Å²) < 4.78 is 7.35. The molecule has 4 rings (SSSR count). The molecule has 0 saturated heterocycles. The predicted molar refractivity (Wildman–Crippen MR) is 80.4 cm³/mol. The monoisotopic (exact) mass is 281 g/mol. The van der Waals surface area contributed by atoms with Gasteiger partial charge in [-0.05, 0) is 18.2 Å². The molecule has 3 heterocycles. The van der Waals surface area contributed by atoms with Crippen molar-refractivity contribution in [2.75, 3.05) is 7.11 Å². The number of hydrogen-bond donors (Lipinski definition) is 0. The van der Waals surface area contributed by atoms with E-state index in [2.05, 4.69) is 26.6 Å². The van der Waals surface area contributed by atoms with Gasteiger partial charge in [0.15, 0.2) is 4.96 Å². The van der Waals surface area contributed by atoms with Crippen LogP contribution in [0.15, 0.2) is 48.8 Å². The first-order valence-corrected chi connectivity index (χ1v) is 7.04. The molecule has 0 unspecified atom stereocenters. The highest BCUT2D eigenvalue weighted by atomic mass is 32.1. The molecule has 0 aliphatic rings. The fraction of sp³-hybridized carbons (Fsp3) is 0.0667. The first-order chi connectivity index (χ1) is 9.85. The molecule has 4 aromatic rings. The standard InChI is InChI=1S/C15H11N3OS/c1-19-10-6-7-16-12(8-10)14-9-18-13-5-3-2-4-11(13)17-15(18)20-14/h2-9H,1H3. The van der Waals surface area contributed by atoms with Crippen molar-refractivity contribution in [3.8, 4) is 16.3 Å². The number of aromatic nitrogens is 3. The number of benzene rings is 1. The van der Waals surface area contributed by atoms with Crippen molar-refractivity contribution < 1.29 is 4.74 Å². The number of imidazole rings is 1. The number of nitrogens with zero attached hydrogens (tertiary/aromatic N) is 3. The Labute approximate surface area is 119 Å². The third-order valence-corrected chi connectivity index (χ3v) is 4.24. The summed E-state index contributed by atoms with van der Waals surface area (Å²) in [6.45, 7) is 0. The van der Waals surface area contributed by atoms with E-state index >= 15 is 0 Å². The van der Waals surface area contributed by atoms with Gasteiger partial charge in [-0.3, -0.25) is 9.38 Å². The Bertz CT molecular complexity index is 910. The lowest BCUT2D eigenvalue weighted by Gasteiger charge is -2.00. The topological polar surface area (TPSA) is 39.4 Å². The molecular formula is C15H11N3OS. The molecule has 0 aliphatic carbocycles. The predicted octanol–water partition coefficient (Wildman–Crippen LogP) is 3.62. The van der Waals surface area contributed by atoms with E-state index in [4.69, 9.17) is 4.74 Å². The molecular weight excluding hydrogens is 270 g/mol. The van der Waals surface area contributed by atoms with Gasteiger partial charge in [-0.15, -0.1) is 0 Å². The number of hydrogen-bond acceptors (Lipinski definition) is 4. The normalized spacial score (nSPS) is 11.2. The van der Waals surface area contributed by atoms with Crippen LogP contribution in [0.4, 0.5) is 0 Å². The lowest BCUT2D eigenvalue weighted by atomic mass is 10.3. The maximum absolute atomic E-state index is 5.24. The molecule has 4 nitrogen and oxygen atoms in total. The molecule has 0 atom stereocenters. The Morgan fingerprint density at radius 2 is 2.10 bits per heavy atom. The second-order valence-electron chi connectivity index (χ2n) is 4.43. The van der Waals surface area contributed by atoms with Crippen LogP contribution in [0.3, 0.4) is 0 Å². The van der Waals surface area contributed by atoms with E-state index in [0.29, 0.717) is 0 Å². The molecule has 0 amide bonds. The Hall–Kier alpha value is -2.40. The fourth-order valence-corrected chi connectivity index (χ4v) is 3.22. The molecule has 0 radical (unpaired) electrons. The quantitative estimate of drug-likeness (QED) is 0.563.